The van der Waals surface area contributed by atoms with Crippen LogP contribution in [0.2, 0.25) is 0 Å². The number of hydrogen-bond donors (Lipinski definition) is 0. The maximum atomic E-state index is 12.7. The lowest BCUT2D eigenvalue weighted by Crippen LogP contribution is -2.55. The van der Waals surface area contributed by atoms with E-state index in [4.69, 9.17) is 4.52 Å². The average molecular weight is 411 g/mol. The van der Waals surface area contributed by atoms with Gasteiger partial charge in [-0.25, -0.2) is 0 Å². The van der Waals surface area contributed by atoms with Crippen molar-refractivity contribution < 1.29 is 14.1 Å². The monoisotopic (exact) mass is 410 g/mol. The minimum absolute atomic E-state index is 0.0275. The van der Waals surface area contributed by atoms with Crippen molar-refractivity contribution in [1.82, 2.24) is 19.9 Å². The van der Waals surface area contributed by atoms with Crippen LogP contribution < -0.4 is 0 Å². The molecule has 160 valence electrons. The topological polar surface area (TPSA) is 79.5 Å². The fourth-order valence-corrected chi connectivity index (χ4v) is 4.60. The summed E-state index contributed by atoms with van der Waals surface area (Å²) in [6.07, 6.45) is 6.91. The van der Waals surface area contributed by atoms with Crippen LogP contribution in [0.5, 0.6) is 0 Å². The van der Waals surface area contributed by atoms with E-state index >= 15 is 0 Å². The van der Waals surface area contributed by atoms with Crippen LogP contribution in [0.25, 0.3) is 11.5 Å². The molecule has 2 heterocycles. The Balaban J connectivity index is 1.27. The molecule has 0 spiro atoms. The molecule has 1 atom stereocenters. The van der Waals surface area contributed by atoms with E-state index < -0.39 is 0 Å². The summed E-state index contributed by atoms with van der Waals surface area (Å²) in [5, 5.41) is 3.95. The Morgan fingerprint density at radius 3 is 2.60 bits per heavy atom. The second kappa shape index (κ2) is 9.41. The van der Waals surface area contributed by atoms with Gasteiger partial charge < -0.3 is 14.3 Å². The maximum absolute atomic E-state index is 12.7. The van der Waals surface area contributed by atoms with Gasteiger partial charge in [-0.05, 0) is 31.4 Å². The molecule has 1 saturated carbocycles. The first kappa shape index (κ1) is 20.6. The van der Waals surface area contributed by atoms with Crippen LogP contribution in [0.1, 0.15) is 51.3 Å². The average Bonchev–Trinajstić information content (AvgIpc) is 3.45. The van der Waals surface area contributed by atoms with Gasteiger partial charge in [0.05, 0.1) is 6.42 Å². The summed E-state index contributed by atoms with van der Waals surface area (Å²) in [7, 11) is 0. The van der Waals surface area contributed by atoms with Gasteiger partial charge in [-0.3, -0.25) is 9.59 Å². The van der Waals surface area contributed by atoms with E-state index in [0.717, 1.165) is 17.9 Å². The molecule has 0 bridgehead atoms. The number of benzene rings is 1. The molecule has 2 aliphatic rings. The van der Waals surface area contributed by atoms with Crippen LogP contribution in [-0.2, 0) is 16.0 Å². The van der Waals surface area contributed by atoms with Gasteiger partial charge in [0, 0.05) is 37.7 Å². The third-order valence-corrected chi connectivity index (χ3v) is 6.34. The number of hydrogen-bond acceptors (Lipinski definition) is 5. The summed E-state index contributed by atoms with van der Waals surface area (Å²) >= 11 is 0. The molecule has 4 rings (SSSR count). The van der Waals surface area contributed by atoms with Crippen molar-refractivity contribution in [2.75, 3.05) is 19.6 Å². The first-order valence-corrected chi connectivity index (χ1v) is 11.1. The Kier molecular flexibility index (Phi) is 6.45. The molecule has 7 heteroatoms. The Hall–Kier alpha value is -2.70. The van der Waals surface area contributed by atoms with Gasteiger partial charge in [0.15, 0.2) is 5.82 Å². The van der Waals surface area contributed by atoms with E-state index in [0.29, 0.717) is 37.8 Å². The predicted molar refractivity (Wildman–Crippen MR) is 112 cm³/mol. The van der Waals surface area contributed by atoms with E-state index in [2.05, 4.69) is 10.1 Å². The Labute approximate surface area is 177 Å². The first-order valence-electron chi connectivity index (χ1n) is 11.1. The molecule has 1 aliphatic carbocycles. The fourth-order valence-electron chi connectivity index (χ4n) is 4.60. The SMILES string of the molecule is CC1CN(C(=O)Cc2noc(-c3ccccc3)n2)CCN1C(=O)CCC1CCCC1. The van der Waals surface area contributed by atoms with Crippen molar-refractivity contribution in [2.24, 2.45) is 5.92 Å². The van der Waals surface area contributed by atoms with Gasteiger partial charge in [0.1, 0.15) is 0 Å². The minimum Gasteiger partial charge on any atom is -0.338 e. The van der Waals surface area contributed by atoms with Crippen LogP contribution in [0.3, 0.4) is 0 Å². The largest absolute Gasteiger partial charge is 0.338 e. The van der Waals surface area contributed by atoms with E-state index in [-0.39, 0.29) is 24.3 Å². The summed E-state index contributed by atoms with van der Waals surface area (Å²) in [5.41, 5.74) is 0.835. The van der Waals surface area contributed by atoms with Crippen LogP contribution in [0.15, 0.2) is 34.9 Å². The van der Waals surface area contributed by atoms with Crippen LogP contribution in [0.4, 0.5) is 0 Å². The van der Waals surface area contributed by atoms with Crippen molar-refractivity contribution >= 4 is 11.8 Å². The highest BCUT2D eigenvalue weighted by atomic mass is 16.5. The molecule has 7 nitrogen and oxygen atoms in total. The predicted octanol–water partition coefficient (Wildman–Crippen LogP) is 3.31. The summed E-state index contributed by atoms with van der Waals surface area (Å²) in [6, 6.07) is 9.54. The van der Waals surface area contributed by atoms with Gasteiger partial charge in [-0.1, -0.05) is 49.0 Å². The molecule has 1 aromatic heterocycles. The number of aromatic nitrogens is 2. The second-order valence-electron chi connectivity index (χ2n) is 8.52. The molecule has 1 unspecified atom stereocenters. The zero-order valence-corrected chi connectivity index (χ0v) is 17.6. The van der Waals surface area contributed by atoms with Crippen molar-refractivity contribution in [3.63, 3.8) is 0 Å². The Bertz CT molecular complexity index is 860. The molecular weight excluding hydrogens is 380 g/mol. The molecule has 2 amide bonds. The maximum Gasteiger partial charge on any atom is 0.257 e. The molecule has 0 radical (unpaired) electrons. The number of amides is 2. The van der Waals surface area contributed by atoms with Crippen LogP contribution in [-0.4, -0.2) is 57.4 Å². The minimum atomic E-state index is -0.0275. The Morgan fingerprint density at radius 2 is 1.87 bits per heavy atom. The van der Waals surface area contributed by atoms with Crippen molar-refractivity contribution in [3.05, 3.63) is 36.2 Å². The van der Waals surface area contributed by atoms with Gasteiger partial charge in [0.2, 0.25) is 11.8 Å². The third kappa shape index (κ3) is 4.89. The van der Waals surface area contributed by atoms with Crippen molar-refractivity contribution in [2.45, 2.75) is 57.9 Å². The highest BCUT2D eigenvalue weighted by molar-refractivity contribution is 5.80. The van der Waals surface area contributed by atoms with Gasteiger partial charge in [-0.2, -0.15) is 4.98 Å². The lowest BCUT2D eigenvalue weighted by molar-refractivity contribution is -0.142. The highest BCUT2D eigenvalue weighted by Crippen LogP contribution is 2.29. The van der Waals surface area contributed by atoms with Gasteiger partial charge in [0.25, 0.3) is 5.89 Å². The van der Waals surface area contributed by atoms with E-state index in [9.17, 15) is 9.59 Å². The van der Waals surface area contributed by atoms with Crippen LogP contribution >= 0.6 is 0 Å². The van der Waals surface area contributed by atoms with Gasteiger partial charge in [-0.15, -0.1) is 0 Å². The number of carbonyl (C=O) groups excluding carboxylic acids is 2. The molecule has 2 aromatic rings. The molecule has 30 heavy (non-hydrogen) atoms. The number of rotatable bonds is 6. The van der Waals surface area contributed by atoms with Crippen molar-refractivity contribution in [1.29, 1.82) is 0 Å². The molecule has 1 aromatic carbocycles. The van der Waals surface area contributed by atoms with Gasteiger partial charge >= 0.3 is 0 Å². The number of carbonyl (C=O) groups is 2. The lowest BCUT2D eigenvalue weighted by atomic mass is 10.0. The van der Waals surface area contributed by atoms with E-state index in [1.165, 1.54) is 25.7 Å². The third-order valence-electron chi connectivity index (χ3n) is 6.34. The molecule has 2 fully saturated rings. The zero-order chi connectivity index (χ0) is 20.9. The zero-order valence-electron chi connectivity index (χ0n) is 17.6. The number of piperazine rings is 1. The van der Waals surface area contributed by atoms with Crippen LogP contribution in [0, 0.1) is 5.92 Å². The summed E-state index contributed by atoms with van der Waals surface area (Å²) in [4.78, 5) is 33.5. The fraction of sp³-hybridized carbons (Fsp3) is 0.565. The molecule has 1 saturated heterocycles. The second-order valence-corrected chi connectivity index (χ2v) is 8.52. The standard InChI is InChI=1S/C23H30N4O3/c1-17-16-26(13-14-27(17)21(28)12-11-18-7-5-6-8-18)22(29)15-20-24-23(30-25-20)19-9-3-2-4-10-19/h2-4,9-10,17-18H,5-8,11-16H2,1H3. The first-order chi connectivity index (χ1) is 14.6. The van der Waals surface area contributed by atoms with Crippen molar-refractivity contribution in [3.8, 4) is 11.5 Å². The van der Waals surface area contributed by atoms with E-state index in [1.807, 2.05) is 47.1 Å². The summed E-state index contributed by atoms with van der Waals surface area (Å²) < 4.78 is 5.29. The molecule has 0 N–H and O–H groups in total. The normalized spacial score (nSPS) is 20.0. The molecule has 1 aliphatic heterocycles. The Morgan fingerprint density at radius 1 is 1.10 bits per heavy atom. The number of nitrogens with zero attached hydrogens (tertiary/aromatic N) is 4. The summed E-state index contributed by atoms with van der Waals surface area (Å²) in [6.45, 7) is 3.73. The lowest BCUT2D eigenvalue weighted by Gasteiger charge is -2.40. The summed E-state index contributed by atoms with van der Waals surface area (Å²) in [5.74, 6) is 1.74. The molecular formula is C23H30N4O3. The highest BCUT2D eigenvalue weighted by Gasteiger charge is 2.30. The van der Waals surface area contributed by atoms with E-state index in [1.54, 1.807) is 0 Å². The quantitative estimate of drug-likeness (QED) is 0.730. The smallest absolute Gasteiger partial charge is 0.257 e.